The van der Waals surface area contributed by atoms with Gasteiger partial charge in [0.25, 0.3) is 0 Å². The van der Waals surface area contributed by atoms with Gasteiger partial charge in [0.2, 0.25) is 0 Å². The van der Waals surface area contributed by atoms with Crippen molar-refractivity contribution in [1.29, 1.82) is 0 Å². The molecule has 2 radical (unpaired) electrons. The van der Waals surface area contributed by atoms with Crippen molar-refractivity contribution < 1.29 is 27.2 Å². The minimum Gasteiger partial charge on any atom is 0 e. The Bertz CT molecular complexity index is 8.00. The van der Waals surface area contributed by atoms with E-state index in [0.29, 0.717) is 0 Å². The molecule has 0 atom stereocenters. The molecule has 0 saturated heterocycles. The molecule has 4 heteroatoms. The van der Waals surface area contributed by atoms with Gasteiger partial charge in [-0.05, 0) is 0 Å². The summed E-state index contributed by atoms with van der Waals surface area (Å²) in [6, 6.07) is 0. The predicted molar refractivity (Wildman–Crippen MR) is 20.7 cm³/mol. The SMILES string of the molecule is O.[BaH2].[SnH2].[Ti]. The summed E-state index contributed by atoms with van der Waals surface area (Å²) in [6.07, 6.45) is 0. The molecule has 0 aliphatic heterocycles. The summed E-state index contributed by atoms with van der Waals surface area (Å²) in [5, 5.41) is 0. The second kappa shape index (κ2) is 16.6. The Morgan fingerprint density at radius 2 is 1.00 bits per heavy atom. The van der Waals surface area contributed by atoms with Crippen molar-refractivity contribution in [2.45, 2.75) is 0 Å². The van der Waals surface area contributed by atoms with Crippen LogP contribution in [0, 0.1) is 0 Å². The summed E-state index contributed by atoms with van der Waals surface area (Å²) in [6.45, 7) is 0. The Hall–Kier alpha value is 3.04. The van der Waals surface area contributed by atoms with Crippen LogP contribution in [-0.4, -0.2) is 78.3 Å². The van der Waals surface area contributed by atoms with Crippen molar-refractivity contribution >= 4 is 72.8 Å². The molecule has 0 fully saturated rings. The maximum atomic E-state index is 0. The van der Waals surface area contributed by atoms with Crippen molar-refractivity contribution in [1.82, 2.24) is 0 Å². The number of hydrogen-bond donors (Lipinski definition) is 0. The maximum Gasteiger partial charge on any atom is 0 e. The van der Waals surface area contributed by atoms with Crippen LogP contribution in [0.25, 0.3) is 0 Å². The average molecular weight is 326 g/mol. The predicted octanol–water partition coefficient (Wildman–Crippen LogP) is -2.66. The van der Waals surface area contributed by atoms with Crippen LogP contribution in [0.15, 0.2) is 0 Å². The van der Waals surface area contributed by atoms with Gasteiger partial charge in [0.15, 0.2) is 0 Å². The second-order valence-electron chi connectivity index (χ2n) is 0. The molecule has 0 unspecified atom stereocenters. The van der Waals surface area contributed by atoms with Gasteiger partial charge >= 0.3 is 72.8 Å². The largest absolute Gasteiger partial charge is 0 e. The van der Waals surface area contributed by atoms with E-state index in [1.54, 1.807) is 0 Å². The van der Waals surface area contributed by atoms with E-state index in [9.17, 15) is 0 Å². The molecule has 4 heavy (non-hydrogen) atoms. The third-order valence-corrected chi connectivity index (χ3v) is 0. The van der Waals surface area contributed by atoms with Crippen molar-refractivity contribution in [3.8, 4) is 0 Å². The first-order valence-corrected chi connectivity index (χ1v) is 0. The fourth-order valence-corrected chi connectivity index (χ4v) is 0. The van der Waals surface area contributed by atoms with Crippen LogP contribution >= 0.6 is 0 Å². The Labute approximate surface area is 97.5 Å². The van der Waals surface area contributed by atoms with Crippen LogP contribution in [0.3, 0.4) is 0 Å². The molecular weight excluding hydrogens is 320 g/mol. The molecule has 0 bridgehead atoms. The maximum absolute atomic E-state index is 0. The fraction of sp³-hybridized carbons (Fsp3) is 0. The monoisotopic (exact) mass is 328 g/mol. The van der Waals surface area contributed by atoms with Crippen molar-refractivity contribution in [3.05, 3.63) is 0 Å². The summed E-state index contributed by atoms with van der Waals surface area (Å²) in [5.41, 5.74) is 0. The fourth-order valence-electron chi connectivity index (χ4n) is 0. The quantitative estimate of drug-likeness (QED) is 0.436. The molecule has 0 amide bonds. The zero-order valence-corrected chi connectivity index (χ0v) is 7.30. The van der Waals surface area contributed by atoms with Gasteiger partial charge in [-0.1, -0.05) is 0 Å². The van der Waals surface area contributed by atoms with Gasteiger partial charge in [0, 0.05) is 21.7 Å². The van der Waals surface area contributed by atoms with Gasteiger partial charge in [0.05, 0.1) is 0 Å². The summed E-state index contributed by atoms with van der Waals surface area (Å²) in [5.74, 6) is 0. The average Bonchev–Trinajstić information content (AvgIpc) is 0. The molecule has 2 N–H and O–H groups in total. The zero-order chi connectivity index (χ0) is 0. The van der Waals surface area contributed by atoms with Crippen molar-refractivity contribution in [3.63, 3.8) is 0 Å². The second-order valence-corrected chi connectivity index (χ2v) is 0. The Balaban J connectivity index is 0. The minimum atomic E-state index is 0. The summed E-state index contributed by atoms with van der Waals surface area (Å²) in [4.78, 5) is 0. The van der Waals surface area contributed by atoms with Crippen molar-refractivity contribution in [2.24, 2.45) is 0 Å². The van der Waals surface area contributed by atoms with E-state index in [2.05, 4.69) is 0 Å². The standard InChI is InChI=1S/Ba.H2O.Sn.Ti.4H/h;1H2;;;;;;. The van der Waals surface area contributed by atoms with Gasteiger partial charge in [-0.3, -0.25) is 0 Å². The normalized spacial score (nSPS) is 0. The van der Waals surface area contributed by atoms with Crippen LogP contribution in [-0.2, 0) is 21.7 Å². The van der Waals surface area contributed by atoms with Crippen LogP contribution in [0.4, 0.5) is 0 Å². The number of rotatable bonds is 0. The zero-order valence-electron chi connectivity index (χ0n) is 1.71. The summed E-state index contributed by atoms with van der Waals surface area (Å²) in [7, 11) is 0. The van der Waals surface area contributed by atoms with E-state index in [4.69, 9.17) is 0 Å². The molecular formula is H6BaOSnTi. The molecule has 0 heterocycles. The van der Waals surface area contributed by atoms with Crippen LogP contribution in [0.2, 0.25) is 0 Å². The molecule has 0 rings (SSSR count). The van der Waals surface area contributed by atoms with Crippen LogP contribution in [0.1, 0.15) is 0 Å². The van der Waals surface area contributed by atoms with E-state index in [-0.39, 0.29) is 100.0 Å². The van der Waals surface area contributed by atoms with Gasteiger partial charge < -0.3 is 5.48 Å². The molecule has 0 aromatic carbocycles. The van der Waals surface area contributed by atoms with Gasteiger partial charge in [0.1, 0.15) is 0 Å². The van der Waals surface area contributed by atoms with Crippen LogP contribution < -0.4 is 0 Å². The Kier molecular flexibility index (Phi) is 115. The van der Waals surface area contributed by atoms with E-state index in [1.165, 1.54) is 0 Å². The first kappa shape index (κ1) is 27.8. The Morgan fingerprint density at radius 1 is 1.00 bits per heavy atom. The first-order valence-electron chi connectivity index (χ1n) is 0. The van der Waals surface area contributed by atoms with E-state index < -0.39 is 0 Å². The smallest absolute Gasteiger partial charge is 0 e. The third-order valence-electron chi connectivity index (χ3n) is 0. The topological polar surface area (TPSA) is 31.5 Å². The molecule has 0 saturated carbocycles. The summed E-state index contributed by atoms with van der Waals surface area (Å²) >= 11 is 0. The van der Waals surface area contributed by atoms with Crippen LogP contribution in [0.5, 0.6) is 0 Å². The van der Waals surface area contributed by atoms with E-state index in [0.717, 1.165) is 0 Å². The van der Waals surface area contributed by atoms with Crippen molar-refractivity contribution in [2.75, 3.05) is 0 Å². The molecule has 22 valence electrons. The molecule has 0 spiro atoms. The van der Waals surface area contributed by atoms with Gasteiger partial charge in [-0.15, -0.1) is 0 Å². The molecule has 1 nitrogen and oxygen atoms in total. The molecule has 0 aromatic rings. The first-order chi connectivity index (χ1) is 0. The number of hydrogen-bond acceptors (Lipinski definition) is 0. The third kappa shape index (κ3) is 8.90. The minimum absolute atomic E-state index is 0. The molecule has 0 aliphatic carbocycles. The van der Waals surface area contributed by atoms with E-state index >= 15 is 0 Å². The summed E-state index contributed by atoms with van der Waals surface area (Å²) < 4.78 is 0. The molecule has 0 aliphatic rings. The van der Waals surface area contributed by atoms with Gasteiger partial charge in [-0.25, -0.2) is 0 Å². The van der Waals surface area contributed by atoms with Gasteiger partial charge in [-0.2, -0.15) is 0 Å². The molecule has 0 aromatic heterocycles. The van der Waals surface area contributed by atoms with E-state index in [1.807, 2.05) is 0 Å². The Morgan fingerprint density at radius 3 is 1.00 bits per heavy atom.